The molecule has 9 heteroatoms. The molecule has 1 aromatic carbocycles. The van der Waals surface area contributed by atoms with Crippen molar-refractivity contribution in [3.63, 3.8) is 0 Å². The zero-order valence-electron chi connectivity index (χ0n) is 13.6. The van der Waals surface area contributed by atoms with Crippen LogP contribution in [0.15, 0.2) is 58.1 Å². The van der Waals surface area contributed by atoms with E-state index in [1.165, 1.54) is 12.3 Å². The van der Waals surface area contributed by atoms with Gasteiger partial charge in [0.25, 0.3) is 5.91 Å². The maximum atomic E-state index is 13.3. The molecule has 27 heavy (non-hydrogen) atoms. The van der Waals surface area contributed by atoms with Crippen LogP contribution in [-0.2, 0) is 6.54 Å². The van der Waals surface area contributed by atoms with E-state index in [4.69, 9.17) is 14.3 Å². The topological polar surface area (TPSA) is 102 Å². The average Bonchev–Trinajstić information content (AvgIpc) is 2.66. The van der Waals surface area contributed by atoms with Crippen molar-refractivity contribution in [1.82, 2.24) is 10.3 Å². The fourth-order valence-corrected chi connectivity index (χ4v) is 2.09. The van der Waals surface area contributed by atoms with Crippen molar-refractivity contribution < 1.29 is 27.8 Å². The first kappa shape index (κ1) is 18.1. The number of nitrogens with one attached hydrogen (secondary N) is 1. The van der Waals surface area contributed by atoms with Crippen LogP contribution in [0, 0.1) is 11.6 Å². The van der Waals surface area contributed by atoms with Gasteiger partial charge in [0.05, 0.1) is 0 Å². The summed E-state index contributed by atoms with van der Waals surface area (Å²) in [5.41, 5.74) is -0.313. The van der Waals surface area contributed by atoms with Gasteiger partial charge in [-0.2, -0.15) is 0 Å². The summed E-state index contributed by atoms with van der Waals surface area (Å²) in [5.74, 6) is -3.56. The number of hydrogen-bond donors (Lipinski definition) is 2. The van der Waals surface area contributed by atoms with Gasteiger partial charge in [-0.15, -0.1) is 0 Å². The second-order valence-electron chi connectivity index (χ2n) is 5.32. The molecule has 0 radical (unpaired) electrons. The molecule has 2 aromatic heterocycles. The highest BCUT2D eigenvalue weighted by Gasteiger charge is 2.13. The number of halogens is 2. The van der Waals surface area contributed by atoms with E-state index in [1.54, 1.807) is 12.1 Å². The summed E-state index contributed by atoms with van der Waals surface area (Å²) < 4.78 is 36.6. The van der Waals surface area contributed by atoms with Crippen LogP contribution in [-0.4, -0.2) is 16.0 Å². The van der Waals surface area contributed by atoms with Gasteiger partial charge in [0.15, 0.2) is 23.1 Å². The van der Waals surface area contributed by atoms with E-state index >= 15 is 0 Å². The van der Waals surface area contributed by atoms with Gasteiger partial charge < -0.3 is 19.6 Å². The van der Waals surface area contributed by atoms with Gasteiger partial charge in [0.1, 0.15) is 12.0 Å². The third-order valence-electron chi connectivity index (χ3n) is 3.43. The monoisotopic (exact) mass is 374 g/mol. The summed E-state index contributed by atoms with van der Waals surface area (Å²) in [6.07, 6.45) is 2.19. The molecule has 0 saturated heterocycles. The predicted molar refractivity (Wildman–Crippen MR) is 88.5 cm³/mol. The molecular weight excluding hydrogens is 362 g/mol. The van der Waals surface area contributed by atoms with Crippen molar-refractivity contribution in [2.75, 3.05) is 0 Å². The van der Waals surface area contributed by atoms with Crippen molar-refractivity contribution in [3.05, 3.63) is 82.0 Å². The molecule has 0 unspecified atom stereocenters. The van der Waals surface area contributed by atoms with Crippen LogP contribution in [0.4, 0.5) is 8.78 Å². The smallest absolute Gasteiger partial charge is 0.287 e. The predicted octanol–water partition coefficient (Wildman–Crippen LogP) is 2.74. The summed E-state index contributed by atoms with van der Waals surface area (Å²) in [6, 6.07) is 7.09. The van der Waals surface area contributed by atoms with Crippen molar-refractivity contribution >= 4 is 5.91 Å². The number of aromatic nitrogens is 1. The molecule has 0 aliphatic rings. The van der Waals surface area contributed by atoms with Crippen LogP contribution in [0.25, 0.3) is 0 Å². The lowest BCUT2D eigenvalue weighted by atomic mass is 10.2. The number of nitrogens with zero attached hydrogens (tertiary/aromatic N) is 1. The molecule has 3 rings (SSSR count). The molecule has 2 N–H and O–H groups in total. The summed E-state index contributed by atoms with van der Waals surface area (Å²) in [4.78, 5) is 27.4. The molecular formula is C18H12F2N2O5. The number of amides is 1. The Morgan fingerprint density at radius 2 is 2.04 bits per heavy atom. The van der Waals surface area contributed by atoms with Gasteiger partial charge in [-0.05, 0) is 18.2 Å². The zero-order chi connectivity index (χ0) is 19.4. The van der Waals surface area contributed by atoms with Gasteiger partial charge >= 0.3 is 0 Å². The lowest BCUT2D eigenvalue weighted by molar-refractivity contribution is 0.0920. The Bertz CT molecular complexity index is 1050. The van der Waals surface area contributed by atoms with Crippen molar-refractivity contribution in [2.45, 2.75) is 6.54 Å². The highest BCUT2D eigenvalue weighted by Crippen LogP contribution is 2.24. The highest BCUT2D eigenvalue weighted by molar-refractivity contribution is 5.91. The first-order valence-corrected chi connectivity index (χ1v) is 7.61. The SMILES string of the molecule is O=C(NCc1cccnc1Oc1ccc(F)c(F)c1)c1cc(=O)c(O)co1. The molecule has 138 valence electrons. The standard InChI is InChI=1S/C18H12F2N2O5/c19-12-4-3-11(6-13(12)20)27-18-10(2-1-5-21-18)8-22-17(25)16-7-14(23)15(24)9-26-16/h1-7,9,24H,8H2,(H,22,25). The largest absolute Gasteiger partial charge is 0.502 e. The third-order valence-corrected chi connectivity index (χ3v) is 3.43. The number of carbonyl (C=O) groups excluding carboxylic acids is 1. The van der Waals surface area contributed by atoms with Gasteiger partial charge in [-0.1, -0.05) is 6.07 Å². The Morgan fingerprint density at radius 3 is 2.78 bits per heavy atom. The number of pyridine rings is 1. The number of hydrogen-bond acceptors (Lipinski definition) is 6. The molecule has 0 atom stereocenters. The van der Waals surface area contributed by atoms with E-state index in [2.05, 4.69) is 10.3 Å². The molecule has 3 aromatic rings. The van der Waals surface area contributed by atoms with E-state index in [-0.39, 0.29) is 23.9 Å². The highest BCUT2D eigenvalue weighted by atomic mass is 19.2. The van der Waals surface area contributed by atoms with Crippen molar-refractivity contribution in [1.29, 1.82) is 0 Å². The fraction of sp³-hybridized carbons (Fsp3) is 0.0556. The van der Waals surface area contributed by atoms with Gasteiger partial charge in [-0.3, -0.25) is 9.59 Å². The molecule has 0 aliphatic carbocycles. The number of benzene rings is 1. The Balaban J connectivity index is 1.73. The second-order valence-corrected chi connectivity index (χ2v) is 5.32. The Labute approximate surface area is 150 Å². The van der Waals surface area contributed by atoms with Gasteiger partial charge in [0, 0.05) is 30.4 Å². The van der Waals surface area contributed by atoms with Crippen LogP contribution >= 0.6 is 0 Å². The minimum atomic E-state index is -1.07. The minimum Gasteiger partial charge on any atom is -0.502 e. The lowest BCUT2D eigenvalue weighted by Gasteiger charge is -2.11. The van der Waals surface area contributed by atoms with Crippen LogP contribution in [0.2, 0.25) is 0 Å². The molecule has 0 bridgehead atoms. The van der Waals surface area contributed by atoms with E-state index in [1.807, 2.05) is 0 Å². The van der Waals surface area contributed by atoms with Gasteiger partial charge in [-0.25, -0.2) is 13.8 Å². The number of ether oxygens (including phenoxy) is 1. The van der Waals surface area contributed by atoms with Crippen LogP contribution in [0.5, 0.6) is 17.4 Å². The van der Waals surface area contributed by atoms with E-state index in [0.29, 0.717) is 5.56 Å². The van der Waals surface area contributed by atoms with Crippen LogP contribution in [0.3, 0.4) is 0 Å². The summed E-state index contributed by atoms with van der Waals surface area (Å²) >= 11 is 0. The van der Waals surface area contributed by atoms with Crippen molar-refractivity contribution in [2.24, 2.45) is 0 Å². The lowest BCUT2D eigenvalue weighted by Crippen LogP contribution is -2.24. The summed E-state index contributed by atoms with van der Waals surface area (Å²) in [5, 5.41) is 11.6. The van der Waals surface area contributed by atoms with Crippen LogP contribution < -0.4 is 15.5 Å². The average molecular weight is 374 g/mol. The zero-order valence-corrected chi connectivity index (χ0v) is 13.6. The number of rotatable bonds is 5. The Morgan fingerprint density at radius 1 is 1.22 bits per heavy atom. The minimum absolute atomic E-state index is 0.0321. The van der Waals surface area contributed by atoms with E-state index < -0.39 is 28.7 Å². The Kier molecular flexibility index (Phi) is 5.11. The van der Waals surface area contributed by atoms with Crippen LogP contribution in [0.1, 0.15) is 16.1 Å². The maximum absolute atomic E-state index is 13.3. The van der Waals surface area contributed by atoms with Crippen molar-refractivity contribution in [3.8, 4) is 17.4 Å². The molecule has 0 spiro atoms. The quantitative estimate of drug-likeness (QED) is 0.712. The first-order valence-electron chi connectivity index (χ1n) is 7.61. The summed E-state index contributed by atoms with van der Waals surface area (Å²) in [7, 11) is 0. The molecule has 0 saturated carbocycles. The van der Waals surface area contributed by atoms with E-state index in [9.17, 15) is 18.4 Å². The van der Waals surface area contributed by atoms with Gasteiger partial charge in [0.2, 0.25) is 11.3 Å². The molecule has 7 nitrogen and oxygen atoms in total. The first-order chi connectivity index (χ1) is 12.9. The number of aromatic hydroxyl groups is 1. The Hall–Kier alpha value is -3.75. The molecule has 2 heterocycles. The third kappa shape index (κ3) is 4.27. The molecule has 0 fully saturated rings. The maximum Gasteiger partial charge on any atom is 0.287 e. The normalized spacial score (nSPS) is 10.4. The summed E-state index contributed by atoms with van der Waals surface area (Å²) in [6.45, 7) is -0.0454. The number of carbonyl (C=O) groups is 1. The van der Waals surface area contributed by atoms with E-state index in [0.717, 1.165) is 24.5 Å². The second kappa shape index (κ2) is 7.65. The fourth-order valence-electron chi connectivity index (χ4n) is 2.09. The molecule has 0 aliphatic heterocycles. The molecule has 1 amide bonds.